The van der Waals surface area contributed by atoms with Crippen LogP contribution in [0.25, 0.3) is 0 Å². The third-order valence-corrected chi connectivity index (χ3v) is 5.37. The SMILES string of the molecule is N#CC1(C(=O)N2CCC(C(=O)O)(c3ccccc3)C2)CCCC1. The van der Waals surface area contributed by atoms with Gasteiger partial charge in [0.25, 0.3) is 0 Å². The number of benzene rings is 1. The maximum absolute atomic E-state index is 12.9. The molecule has 0 radical (unpaired) electrons. The molecule has 120 valence electrons. The number of hydrogen-bond donors (Lipinski definition) is 1. The number of carbonyl (C=O) groups excluding carboxylic acids is 1. The van der Waals surface area contributed by atoms with Gasteiger partial charge in [0, 0.05) is 13.1 Å². The van der Waals surface area contributed by atoms with Crippen molar-refractivity contribution in [2.24, 2.45) is 5.41 Å². The Kier molecular flexibility index (Phi) is 3.85. The highest BCUT2D eigenvalue weighted by atomic mass is 16.4. The molecule has 23 heavy (non-hydrogen) atoms. The number of carboxylic acid groups (broad SMARTS) is 1. The van der Waals surface area contributed by atoms with Gasteiger partial charge in [-0.05, 0) is 24.8 Å². The van der Waals surface area contributed by atoms with Crippen molar-refractivity contribution in [2.45, 2.75) is 37.5 Å². The molecule has 1 aromatic carbocycles. The van der Waals surface area contributed by atoms with E-state index in [-0.39, 0.29) is 12.5 Å². The minimum Gasteiger partial charge on any atom is -0.481 e. The molecule has 2 fully saturated rings. The first kappa shape index (κ1) is 15.5. The molecule has 1 saturated carbocycles. The highest BCUT2D eigenvalue weighted by molar-refractivity contribution is 5.89. The van der Waals surface area contributed by atoms with Gasteiger partial charge >= 0.3 is 5.97 Å². The van der Waals surface area contributed by atoms with E-state index in [1.54, 1.807) is 17.0 Å². The molecule has 1 aliphatic carbocycles. The number of rotatable bonds is 3. The van der Waals surface area contributed by atoms with Crippen molar-refractivity contribution in [1.82, 2.24) is 4.90 Å². The lowest BCUT2D eigenvalue weighted by atomic mass is 9.79. The Hall–Kier alpha value is -2.35. The van der Waals surface area contributed by atoms with Crippen molar-refractivity contribution in [1.29, 1.82) is 5.26 Å². The van der Waals surface area contributed by atoms with Gasteiger partial charge in [0.1, 0.15) is 10.8 Å². The van der Waals surface area contributed by atoms with Crippen LogP contribution in [0.2, 0.25) is 0 Å². The summed E-state index contributed by atoms with van der Waals surface area (Å²) in [5.74, 6) is -1.09. The monoisotopic (exact) mass is 312 g/mol. The lowest BCUT2D eigenvalue weighted by molar-refractivity contribution is -0.144. The number of amides is 1. The third kappa shape index (κ3) is 2.39. The second-order valence-electron chi connectivity index (χ2n) is 6.63. The number of nitriles is 1. The number of carbonyl (C=O) groups is 2. The van der Waals surface area contributed by atoms with Crippen molar-refractivity contribution in [2.75, 3.05) is 13.1 Å². The molecule has 1 aliphatic heterocycles. The normalized spacial score (nSPS) is 26.0. The number of carboxylic acids is 1. The van der Waals surface area contributed by atoms with Crippen LogP contribution in [0.15, 0.2) is 30.3 Å². The van der Waals surface area contributed by atoms with Gasteiger partial charge < -0.3 is 10.0 Å². The van der Waals surface area contributed by atoms with Crippen molar-refractivity contribution in [3.8, 4) is 6.07 Å². The summed E-state index contributed by atoms with van der Waals surface area (Å²) in [5, 5.41) is 19.3. The van der Waals surface area contributed by atoms with Gasteiger partial charge in [-0.2, -0.15) is 5.26 Å². The fourth-order valence-electron chi connectivity index (χ4n) is 3.93. The second kappa shape index (κ2) is 5.69. The molecule has 1 aromatic rings. The lowest BCUT2D eigenvalue weighted by Gasteiger charge is -2.29. The number of aliphatic carboxylic acids is 1. The Morgan fingerprint density at radius 2 is 1.78 bits per heavy atom. The van der Waals surface area contributed by atoms with E-state index in [1.165, 1.54) is 0 Å². The van der Waals surface area contributed by atoms with E-state index >= 15 is 0 Å². The third-order valence-electron chi connectivity index (χ3n) is 5.37. The van der Waals surface area contributed by atoms with E-state index in [4.69, 9.17) is 0 Å². The molecule has 0 bridgehead atoms. The molecule has 0 spiro atoms. The van der Waals surface area contributed by atoms with Crippen molar-refractivity contribution >= 4 is 11.9 Å². The molecule has 1 heterocycles. The van der Waals surface area contributed by atoms with Gasteiger partial charge in [-0.25, -0.2) is 0 Å². The van der Waals surface area contributed by atoms with Crippen molar-refractivity contribution in [3.63, 3.8) is 0 Å². The Balaban J connectivity index is 1.88. The van der Waals surface area contributed by atoms with E-state index in [0.29, 0.717) is 25.8 Å². The fourth-order valence-corrected chi connectivity index (χ4v) is 3.93. The van der Waals surface area contributed by atoms with Crippen LogP contribution in [0, 0.1) is 16.7 Å². The lowest BCUT2D eigenvalue weighted by Crippen LogP contribution is -2.44. The minimum absolute atomic E-state index is 0.147. The quantitative estimate of drug-likeness (QED) is 0.928. The van der Waals surface area contributed by atoms with E-state index < -0.39 is 16.8 Å². The Bertz CT molecular complexity index is 659. The van der Waals surface area contributed by atoms with Crippen molar-refractivity contribution < 1.29 is 14.7 Å². The van der Waals surface area contributed by atoms with Crippen LogP contribution in [0.3, 0.4) is 0 Å². The molecule has 1 saturated heterocycles. The van der Waals surface area contributed by atoms with Crippen LogP contribution in [-0.4, -0.2) is 35.0 Å². The molecule has 5 heteroatoms. The smallest absolute Gasteiger partial charge is 0.316 e. The first-order chi connectivity index (χ1) is 11.0. The highest BCUT2D eigenvalue weighted by Gasteiger charge is 2.52. The number of likely N-dealkylation sites (tertiary alicyclic amines) is 1. The van der Waals surface area contributed by atoms with Gasteiger partial charge in [-0.3, -0.25) is 9.59 Å². The predicted molar refractivity (Wildman–Crippen MR) is 83.5 cm³/mol. The molecule has 0 aromatic heterocycles. The molecule has 3 rings (SSSR count). The van der Waals surface area contributed by atoms with Crippen LogP contribution in [0.1, 0.15) is 37.7 Å². The second-order valence-corrected chi connectivity index (χ2v) is 6.63. The zero-order valence-electron chi connectivity index (χ0n) is 13.0. The van der Waals surface area contributed by atoms with Crippen LogP contribution in [0.4, 0.5) is 0 Å². The molecule has 2 aliphatic rings. The summed E-state index contributed by atoms with van der Waals surface area (Å²) in [6.45, 7) is 0.540. The molecule has 5 nitrogen and oxygen atoms in total. The molecule has 1 N–H and O–H groups in total. The largest absolute Gasteiger partial charge is 0.481 e. The van der Waals surface area contributed by atoms with Crippen LogP contribution >= 0.6 is 0 Å². The van der Waals surface area contributed by atoms with E-state index in [1.807, 2.05) is 18.2 Å². The van der Waals surface area contributed by atoms with Gasteiger partial charge in [0.2, 0.25) is 5.91 Å². The summed E-state index contributed by atoms with van der Waals surface area (Å²) < 4.78 is 0. The van der Waals surface area contributed by atoms with Gasteiger partial charge in [-0.15, -0.1) is 0 Å². The average molecular weight is 312 g/mol. The van der Waals surface area contributed by atoms with Gasteiger partial charge in [0.15, 0.2) is 0 Å². The highest BCUT2D eigenvalue weighted by Crippen LogP contribution is 2.42. The Morgan fingerprint density at radius 3 is 2.35 bits per heavy atom. The minimum atomic E-state index is -1.06. The molecular formula is C18H20N2O3. The number of hydrogen-bond acceptors (Lipinski definition) is 3. The zero-order valence-corrected chi connectivity index (χ0v) is 13.0. The molecule has 1 amide bonds. The van der Waals surface area contributed by atoms with Crippen LogP contribution < -0.4 is 0 Å². The first-order valence-electron chi connectivity index (χ1n) is 8.04. The van der Waals surface area contributed by atoms with Gasteiger partial charge in [-0.1, -0.05) is 43.2 Å². The van der Waals surface area contributed by atoms with Crippen molar-refractivity contribution in [3.05, 3.63) is 35.9 Å². The van der Waals surface area contributed by atoms with E-state index in [2.05, 4.69) is 6.07 Å². The maximum atomic E-state index is 12.9. The molecule has 1 atom stereocenters. The average Bonchev–Trinajstić information content (AvgIpc) is 3.24. The van der Waals surface area contributed by atoms with Gasteiger partial charge in [0.05, 0.1) is 6.07 Å². The molecule has 1 unspecified atom stereocenters. The predicted octanol–water partition coefficient (Wildman–Crippen LogP) is 2.33. The summed E-state index contributed by atoms with van der Waals surface area (Å²) in [5.41, 5.74) is -1.28. The van der Waals surface area contributed by atoms with Crippen LogP contribution in [0.5, 0.6) is 0 Å². The summed E-state index contributed by atoms with van der Waals surface area (Å²) in [6.07, 6.45) is 3.33. The topological polar surface area (TPSA) is 81.4 Å². The summed E-state index contributed by atoms with van der Waals surface area (Å²) in [4.78, 5) is 26.4. The summed E-state index contributed by atoms with van der Waals surface area (Å²) in [7, 11) is 0. The first-order valence-corrected chi connectivity index (χ1v) is 8.04. The van der Waals surface area contributed by atoms with Crippen LogP contribution in [-0.2, 0) is 15.0 Å². The fraction of sp³-hybridized carbons (Fsp3) is 0.500. The Labute approximate surface area is 135 Å². The Morgan fingerprint density at radius 1 is 1.13 bits per heavy atom. The van der Waals surface area contributed by atoms with E-state index in [0.717, 1.165) is 18.4 Å². The standard InChI is InChI=1S/C18H20N2O3/c19-12-17(8-4-5-9-17)15(21)20-11-10-18(13-20,16(22)23)14-6-2-1-3-7-14/h1-3,6-7H,4-5,8-11,13H2,(H,22,23). The molecular weight excluding hydrogens is 292 g/mol. The number of nitrogens with zero attached hydrogens (tertiary/aromatic N) is 2. The maximum Gasteiger partial charge on any atom is 0.316 e. The van der Waals surface area contributed by atoms with E-state index in [9.17, 15) is 20.0 Å². The summed E-state index contributed by atoms with van der Waals surface area (Å²) in [6, 6.07) is 11.3. The zero-order chi connectivity index (χ0) is 16.5. The summed E-state index contributed by atoms with van der Waals surface area (Å²) >= 11 is 0.